The number of rotatable bonds is 3. The molecule has 5 heteroatoms. The molecule has 1 aliphatic rings. The molecule has 0 unspecified atom stereocenters. The second-order valence-electron chi connectivity index (χ2n) is 4.99. The van der Waals surface area contributed by atoms with E-state index in [1.165, 1.54) is 4.31 Å². The molecule has 0 radical (unpaired) electrons. The molecule has 0 saturated heterocycles. The maximum atomic E-state index is 12.6. The summed E-state index contributed by atoms with van der Waals surface area (Å²) < 4.78 is 26.7. The molecule has 0 aromatic heterocycles. The molecule has 108 valence electrons. The second kappa shape index (κ2) is 6.40. The lowest BCUT2D eigenvalue weighted by molar-refractivity contribution is 0.373. The lowest BCUT2D eigenvalue weighted by Gasteiger charge is -2.23. The van der Waals surface area contributed by atoms with E-state index >= 15 is 0 Å². The summed E-state index contributed by atoms with van der Waals surface area (Å²) in [6.45, 7) is 0.263. The van der Waals surface area contributed by atoms with Crippen molar-refractivity contribution in [1.29, 1.82) is 0 Å². The number of sulfonamides is 1. The van der Waals surface area contributed by atoms with Gasteiger partial charge in [0.25, 0.3) is 0 Å². The molecule has 0 atom stereocenters. The molecule has 1 aliphatic carbocycles. The normalized spacial score (nSPS) is 16.1. The van der Waals surface area contributed by atoms with E-state index in [4.69, 9.17) is 5.73 Å². The van der Waals surface area contributed by atoms with Gasteiger partial charge < -0.3 is 5.73 Å². The van der Waals surface area contributed by atoms with E-state index in [2.05, 4.69) is 11.8 Å². The first-order valence-corrected chi connectivity index (χ1v) is 8.27. The van der Waals surface area contributed by atoms with Gasteiger partial charge in [0, 0.05) is 18.7 Å². The maximum absolute atomic E-state index is 12.6. The standard InChI is InChI=1S/C15H20N2O2S/c1-17(14-8-2-3-9-14)20(18,19)15-10-4-6-13(12-15)7-5-11-16/h4,6,10,12,14H,2-3,8-9,11,16H2,1H3. The largest absolute Gasteiger partial charge is 0.320 e. The van der Waals surface area contributed by atoms with E-state index < -0.39 is 10.0 Å². The topological polar surface area (TPSA) is 63.4 Å². The first-order chi connectivity index (χ1) is 9.55. The molecule has 20 heavy (non-hydrogen) atoms. The molecule has 0 amide bonds. The third-order valence-corrected chi connectivity index (χ3v) is 5.59. The molecule has 0 bridgehead atoms. The fourth-order valence-electron chi connectivity index (χ4n) is 2.52. The highest BCUT2D eigenvalue weighted by Gasteiger charge is 2.29. The van der Waals surface area contributed by atoms with Crippen LogP contribution in [0.4, 0.5) is 0 Å². The van der Waals surface area contributed by atoms with Gasteiger partial charge in [-0.2, -0.15) is 4.31 Å². The van der Waals surface area contributed by atoms with Crippen molar-refractivity contribution in [2.24, 2.45) is 5.73 Å². The highest BCUT2D eigenvalue weighted by Crippen LogP contribution is 2.27. The first kappa shape index (κ1) is 15.0. The minimum absolute atomic E-state index is 0.124. The Kier molecular flexibility index (Phi) is 4.81. The van der Waals surface area contributed by atoms with Crippen LogP contribution in [-0.2, 0) is 10.0 Å². The summed E-state index contributed by atoms with van der Waals surface area (Å²) in [4.78, 5) is 0.302. The Bertz CT molecular complexity index is 623. The van der Waals surface area contributed by atoms with Gasteiger partial charge in [-0.05, 0) is 31.0 Å². The van der Waals surface area contributed by atoms with E-state index in [9.17, 15) is 8.42 Å². The van der Waals surface area contributed by atoms with Crippen LogP contribution in [0.1, 0.15) is 31.2 Å². The summed E-state index contributed by atoms with van der Waals surface area (Å²) in [7, 11) is -1.77. The average molecular weight is 292 g/mol. The fourth-order valence-corrected chi connectivity index (χ4v) is 3.98. The van der Waals surface area contributed by atoms with Gasteiger partial charge in [-0.15, -0.1) is 0 Å². The first-order valence-electron chi connectivity index (χ1n) is 6.83. The van der Waals surface area contributed by atoms with Gasteiger partial charge in [-0.3, -0.25) is 0 Å². The van der Waals surface area contributed by atoms with Crippen LogP contribution < -0.4 is 5.73 Å². The third kappa shape index (κ3) is 3.21. The van der Waals surface area contributed by atoms with E-state index in [1.54, 1.807) is 31.3 Å². The third-order valence-electron chi connectivity index (χ3n) is 3.68. The molecule has 2 N–H and O–H groups in total. The van der Waals surface area contributed by atoms with Crippen LogP contribution in [0.2, 0.25) is 0 Å². The van der Waals surface area contributed by atoms with Crippen molar-refractivity contribution in [3.05, 3.63) is 29.8 Å². The zero-order chi connectivity index (χ0) is 14.6. The molecule has 1 aromatic rings. The molecule has 1 aromatic carbocycles. The van der Waals surface area contributed by atoms with Crippen molar-refractivity contribution in [3.8, 4) is 11.8 Å². The van der Waals surface area contributed by atoms with Gasteiger partial charge in [0.05, 0.1) is 11.4 Å². The summed E-state index contributed by atoms with van der Waals surface area (Å²) in [5.41, 5.74) is 6.01. The van der Waals surface area contributed by atoms with Gasteiger partial charge in [-0.25, -0.2) is 8.42 Å². The predicted octanol–water partition coefficient (Wildman–Crippen LogP) is 1.56. The summed E-state index contributed by atoms with van der Waals surface area (Å²) in [6.07, 6.45) is 4.10. The number of benzene rings is 1. The Morgan fingerprint density at radius 1 is 1.35 bits per heavy atom. The summed E-state index contributed by atoms with van der Waals surface area (Å²) in [6, 6.07) is 6.86. The van der Waals surface area contributed by atoms with E-state index in [1.807, 2.05) is 0 Å². The second-order valence-corrected chi connectivity index (χ2v) is 6.99. The fraction of sp³-hybridized carbons (Fsp3) is 0.467. The highest BCUT2D eigenvalue weighted by atomic mass is 32.2. The predicted molar refractivity (Wildman–Crippen MR) is 79.6 cm³/mol. The molecule has 4 nitrogen and oxygen atoms in total. The van der Waals surface area contributed by atoms with Crippen LogP contribution in [0.15, 0.2) is 29.2 Å². The van der Waals surface area contributed by atoms with Crippen LogP contribution in [0.3, 0.4) is 0 Å². The average Bonchev–Trinajstić information content (AvgIpc) is 2.98. The van der Waals surface area contributed by atoms with Gasteiger partial charge in [0.15, 0.2) is 0 Å². The summed E-state index contributed by atoms with van der Waals surface area (Å²) in [5, 5.41) is 0. The highest BCUT2D eigenvalue weighted by molar-refractivity contribution is 7.89. The minimum Gasteiger partial charge on any atom is -0.320 e. The molecule has 0 aliphatic heterocycles. The minimum atomic E-state index is -3.44. The molecule has 0 heterocycles. The van der Waals surface area contributed by atoms with Crippen LogP contribution in [0.25, 0.3) is 0 Å². The van der Waals surface area contributed by atoms with E-state index in [0.29, 0.717) is 10.5 Å². The maximum Gasteiger partial charge on any atom is 0.243 e. The molecule has 2 rings (SSSR count). The van der Waals surface area contributed by atoms with Crippen molar-refractivity contribution in [3.63, 3.8) is 0 Å². The lowest BCUT2D eigenvalue weighted by atomic mass is 10.2. The molecule has 1 saturated carbocycles. The summed E-state index contributed by atoms with van der Waals surface area (Å²) >= 11 is 0. The lowest BCUT2D eigenvalue weighted by Crippen LogP contribution is -2.35. The van der Waals surface area contributed by atoms with Crippen LogP contribution in [0.5, 0.6) is 0 Å². The molecule has 0 spiro atoms. The van der Waals surface area contributed by atoms with Crippen molar-refractivity contribution < 1.29 is 8.42 Å². The zero-order valence-electron chi connectivity index (χ0n) is 11.7. The van der Waals surface area contributed by atoms with Gasteiger partial charge in [0.2, 0.25) is 10.0 Å². The number of hydrogen-bond acceptors (Lipinski definition) is 3. The van der Waals surface area contributed by atoms with Crippen molar-refractivity contribution in [1.82, 2.24) is 4.31 Å². The monoisotopic (exact) mass is 292 g/mol. The SMILES string of the molecule is CN(C1CCCC1)S(=O)(=O)c1cccc(C#CCN)c1. The van der Waals surface area contributed by atoms with Crippen LogP contribution >= 0.6 is 0 Å². The Hall–Kier alpha value is -1.35. The van der Waals surface area contributed by atoms with Gasteiger partial charge >= 0.3 is 0 Å². The quantitative estimate of drug-likeness (QED) is 0.860. The van der Waals surface area contributed by atoms with Crippen LogP contribution in [0, 0.1) is 11.8 Å². The number of nitrogens with zero attached hydrogens (tertiary/aromatic N) is 1. The van der Waals surface area contributed by atoms with Crippen LogP contribution in [-0.4, -0.2) is 32.4 Å². The van der Waals surface area contributed by atoms with Crippen molar-refractivity contribution in [2.75, 3.05) is 13.6 Å². The molecular formula is C15H20N2O2S. The molecular weight excluding hydrogens is 272 g/mol. The van der Waals surface area contributed by atoms with Crippen molar-refractivity contribution >= 4 is 10.0 Å². The Morgan fingerprint density at radius 3 is 2.70 bits per heavy atom. The Labute approximate surface area is 121 Å². The van der Waals surface area contributed by atoms with Gasteiger partial charge in [-0.1, -0.05) is 30.7 Å². The smallest absolute Gasteiger partial charge is 0.243 e. The van der Waals surface area contributed by atoms with Crippen molar-refractivity contribution in [2.45, 2.75) is 36.6 Å². The Balaban J connectivity index is 2.29. The summed E-state index contributed by atoms with van der Waals surface area (Å²) in [5.74, 6) is 5.60. The van der Waals surface area contributed by atoms with E-state index in [-0.39, 0.29) is 12.6 Å². The number of nitrogens with two attached hydrogens (primary N) is 1. The molecule has 1 fully saturated rings. The zero-order valence-corrected chi connectivity index (χ0v) is 12.5. The number of hydrogen-bond donors (Lipinski definition) is 1. The van der Waals surface area contributed by atoms with E-state index in [0.717, 1.165) is 25.7 Å². The Morgan fingerprint density at radius 2 is 2.05 bits per heavy atom. The van der Waals surface area contributed by atoms with Gasteiger partial charge in [0.1, 0.15) is 0 Å².